The number of hydrogen-bond acceptors (Lipinski definition) is 2. The largest absolute Gasteiger partial charge is 0.297 e. The molecule has 80 valence electrons. The molecule has 1 heterocycles. The summed E-state index contributed by atoms with van der Waals surface area (Å²) in [4.78, 5) is 0. The summed E-state index contributed by atoms with van der Waals surface area (Å²) in [7, 11) is 0. The van der Waals surface area contributed by atoms with Crippen LogP contribution in [0.4, 0.5) is 0 Å². The lowest BCUT2D eigenvalue weighted by molar-refractivity contribution is 0.833. The second kappa shape index (κ2) is 4.33. The number of aromatic amines is 1. The summed E-state index contributed by atoms with van der Waals surface area (Å²) < 4.78 is 2.59. The van der Waals surface area contributed by atoms with Gasteiger partial charge in [0, 0.05) is 5.69 Å². The highest BCUT2D eigenvalue weighted by atomic mass is 32.1. The fraction of sp³-hybridized carbons (Fsp3) is 0.167. The van der Waals surface area contributed by atoms with Gasteiger partial charge in [0.2, 0.25) is 0 Å². The molecule has 0 unspecified atom stereocenters. The fourth-order valence-electron chi connectivity index (χ4n) is 1.50. The maximum absolute atomic E-state index is 8.71. The van der Waals surface area contributed by atoms with Gasteiger partial charge in [0.05, 0.1) is 17.3 Å². The molecule has 0 saturated carbocycles. The van der Waals surface area contributed by atoms with Crippen LogP contribution in [0.1, 0.15) is 18.2 Å². The van der Waals surface area contributed by atoms with Gasteiger partial charge in [-0.15, -0.1) is 0 Å². The van der Waals surface area contributed by atoms with Gasteiger partial charge in [-0.3, -0.25) is 5.10 Å². The van der Waals surface area contributed by atoms with Gasteiger partial charge in [0.15, 0.2) is 0 Å². The Hall–Kier alpha value is -1.86. The number of hydrogen-bond donors (Lipinski definition) is 1. The summed E-state index contributed by atoms with van der Waals surface area (Å²) in [6.07, 6.45) is 0.924. The maximum atomic E-state index is 8.71. The Balaban J connectivity index is 2.47. The number of aromatic nitrogens is 2. The van der Waals surface area contributed by atoms with Crippen LogP contribution in [-0.2, 0) is 6.42 Å². The first-order chi connectivity index (χ1) is 7.74. The molecule has 0 bridgehead atoms. The average molecular weight is 229 g/mol. The van der Waals surface area contributed by atoms with Gasteiger partial charge in [0.1, 0.15) is 4.64 Å². The molecule has 0 atom stereocenters. The Morgan fingerprint density at radius 3 is 2.56 bits per heavy atom. The molecule has 1 aromatic carbocycles. The van der Waals surface area contributed by atoms with Crippen molar-refractivity contribution in [3.05, 3.63) is 46.2 Å². The van der Waals surface area contributed by atoms with Gasteiger partial charge in [-0.2, -0.15) is 5.26 Å². The second-order valence-electron chi connectivity index (χ2n) is 3.47. The molecule has 0 aliphatic rings. The highest BCUT2D eigenvalue weighted by molar-refractivity contribution is 7.71. The number of nitriles is 1. The maximum Gasteiger partial charge on any atom is 0.127 e. The van der Waals surface area contributed by atoms with Gasteiger partial charge in [0.25, 0.3) is 0 Å². The van der Waals surface area contributed by atoms with Crippen molar-refractivity contribution in [3.8, 4) is 11.8 Å². The van der Waals surface area contributed by atoms with E-state index >= 15 is 0 Å². The van der Waals surface area contributed by atoms with Crippen molar-refractivity contribution in [2.24, 2.45) is 0 Å². The van der Waals surface area contributed by atoms with E-state index in [9.17, 15) is 0 Å². The monoisotopic (exact) mass is 229 g/mol. The molecule has 0 radical (unpaired) electrons. The zero-order chi connectivity index (χ0) is 11.5. The first-order valence-electron chi connectivity index (χ1n) is 5.06. The molecular formula is C12H11N3S. The van der Waals surface area contributed by atoms with Gasteiger partial charge >= 0.3 is 0 Å². The number of nitrogens with zero attached hydrogens (tertiary/aromatic N) is 2. The molecule has 1 N–H and O–H groups in total. The van der Waals surface area contributed by atoms with E-state index in [-0.39, 0.29) is 0 Å². The van der Waals surface area contributed by atoms with Crippen molar-refractivity contribution in [1.82, 2.24) is 9.78 Å². The van der Waals surface area contributed by atoms with E-state index in [0.717, 1.165) is 22.4 Å². The number of benzene rings is 1. The van der Waals surface area contributed by atoms with Crippen LogP contribution < -0.4 is 0 Å². The third kappa shape index (κ3) is 1.90. The van der Waals surface area contributed by atoms with E-state index in [2.05, 4.69) is 18.1 Å². The van der Waals surface area contributed by atoms with E-state index in [4.69, 9.17) is 17.5 Å². The van der Waals surface area contributed by atoms with Crippen LogP contribution in [0.2, 0.25) is 0 Å². The van der Waals surface area contributed by atoms with Crippen LogP contribution in [0.3, 0.4) is 0 Å². The summed E-state index contributed by atoms with van der Waals surface area (Å²) >= 11 is 5.25. The Labute approximate surface area is 98.9 Å². The van der Waals surface area contributed by atoms with Gasteiger partial charge in [-0.1, -0.05) is 19.1 Å². The molecule has 4 heteroatoms. The van der Waals surface area contributed by atoms with Crippen molar-refractivity contribution in [1.29, 1.82) is 5.26 Å². The molecule has 16 heavy (non-hydrogen) atoms. The topological polar surface area (TPSA) is 44.5 Å². The summed E-state index contributed by atoms with van der Waals surface area (Å²) in [6, 6.07) is 11.4. The summed E-state index contributed by atoms with van der Waals surface area (Å²) in [5.41, 5.74) is 2.70. The summed E-state index contributed by atoms with van der Waals surface area (Å²) in [6.45, 7) is 2.07. The van der Waals surface area contributed by atoms with E-state index in [1.807, 2.05) is 22.9 Å². The number of rotatable bonds is 2. The molecule has 2 aromatic rings. The molecule has 0 saturated heterocycles. The zero-order valence-corrected chi connectivity index (χ0v) is 9.71. The predicted molar refractivity (Wildman–Crippen MR) is 65.0 cm³/mol. The van der Waals surface area contributed by atoms with E-state index < -0.39 is 0 Å². The van der Waals surface area contributed by atoms with Crippen molar-refractivity contribution < 1.29 is 0 Å². The van der Waals surface area contributed by atoms with Crippen LogP contribution >= 0.6 is 12.2 Å². The molecule has 3 nitrogen and oxygen atoms in total. The van der Waals surface area contributed by atoms with Crippen molar-refractivity contribution in [2.75, 3.05) is 0 Å². The normalized spacial score (nSPS) is 10.0. The van der Waals surface area contributed by atoms with E-state index in [1.165, 1.54) is 0 Å². The SMILES string of the molecule is CCc1cc(=S)n(-c2ccc(C#N)cc2)[nH]1. The minimum Gasteiger partial charge on any atom is -0.297 e. The number of aryl methyl sites for hydroxylation is 1. The lowest BCUT2D eigenvalue weighted by Gasteiger charge is -2.02. The van der Waals surface area contributed by atoms with Gasteiger partial charge < -0.3 is 0 Å². The Morgan fingerprint density at radius 2 is 2.06 bits per heavy atom. The second-order valence-corrected chi connectivity index (χ2v) is 3.89. The van der Waals surface area contributed by atoms with Crippen molar-refractivity contribution in [3.63, 3.8) is 0 Å². The fourth-order valence-corrected chi connectivity index (χ4v) is 1.80. The summed E-state index contributed by atoms with van der Waals surface area (Å²) in [5.74, 6) is 0. The zero-order valence-electron chi connectivity index (χ0n) is 8.90. The third-order valence-electron chi connectivity index (χ3n) is 2.41. The minimum atomic E-state index is 0.650. The molecule has 0 aliphatic heterocycles. The molecule has 0 amide bonds. The smallest absolute Gasteiger partial charge is 0.127 e. The Morgan fingerprint density at radius 1 is 1.38 bits per heavy atom. The van der Waals surface area contributed by atoms with Crippen LogP contribution in [0.5, 0.6) is 0 Å². The van der Waals surface area contributed by atoms with Crippen molar-refractivity contribution in [2.45, 2.75) is 13.3 Å². The molecule has 0 fully saturated rings. The number of H-pyrrole nitrogens is 1. The lowest BCUT2D eigenvalue weighted by atomic mass is 10.2. The van der Waals surface area contributed by atoms with Crippen LogP contribution in [-0.4, -0.2) is 9.78 Å². The quantitative estimate of drug-likeness (QED) is 0.805. The molecule has 2 rings (SSSR count). The average Bonchev–Trinajstić information content (AvgIpc) is 2.71. The minimum absolute atomic E-state index is 0.650. The first-order valence-corrected chi connectivity index (χ1v) is 5.47. The van der Waals surface area contributed by atoms with Crippen LogP contribution in [0.25, 0.3) is 5.69 Å². The van der Waals surface area contributed by atoms with E-state index in [1.54, 1.807) is 12.1 Å². The Kier molecular flexibility index (Phi) is 2.88. The summed E-state index contributed by atoms with van der Waals surface area (Å²) in [5, 5.41) is 11.9. The van der Waals surface area contributed by atoms with Crippen molar-refractivity contribution >= 4 is 12.2 Å². The Bertz CT molecular complexity index is 584. The van der Waals surface area contributed by atoms with Crippen LogP contribution in [0.15, 0.2) is 30.3 Å². The first kappa shape index (κ1) is 10.7. The van der Waals surface area contributed by atoms with E-state index in [0.29, 0.717) is 5.56 Å². The molecule has 1 aromatic heterocycles. The molecular weight excluding hydrogens is 218 g/mol. The standard InChI is InChI=1S/C12H11N3S/c1-2-10-7-12(16)15(14-10)11-5-3-9(8-13)4-6-11/h3-7,14H,2H2,1H3. The lowest BCUT2D eigenvalue weighted by Crippen LogP contribution is -1.97. The number of nitrogens with one attached hydrogen (secondary N) is 1. The van der Waals surface area contributed by atoms with Gasteiger partial charge in [-0.25, -0.2) is 4.68 Å². The molecule has 0 aliphatic carbocycles. The van der Waals surface area contributed by atoms with Gasteiger partial charge in [-0.05, 0) is 36.8 Å². The molecule has 0 spiro atoms. The third-order valence-corrected chi connectivity index (χ3v) is 2.71. The highest BCUT2D eigenvalue weighted by Gasteiger charge is 2.01. The van der Waals surface area contributed by atoms with Crippen LogP contribution in [0, 0.1) is 16.0 Å². The predicted octanol–water partition coefficient (Wildman–Crippen LogP) is 2.97. The highest BCUT2D eigenvalue weighted by Crippen LogP contribution is 2.11.